The normalized spacial score (nSPS) is 18.1. The third-order valence-electron chi connectivity index (χ3n) is 4.59. The van der Waals surface area contributed by atoms with Crippen molar-refractivity contribution in [1.29, 1.82) is 0 Å². The van der Waals surface area contributed by atoms with Crippen LogP contribution in [0, 0.1) is 6.92 Å². The van der Waals surface area contributed by atoms with Crippen LogP contribution in [0.4, 0.5) is 5.69 Å². The molecule has 0 aliphatic carbocycles. The van der Waals surface area contributed by atoms with Crippen molar-refractivity contribution in [2.75, 3.05) is 44.2 Å². The standard InChI is InChI=1S/C17H23N3O2.ClH/c1-14-5-2-3-6-15(14)18-9-11-19(12-10-18)17(22)13-20-8-4-7-16(20)21;/h2-3,5-6H,4,7-13H2,1H3;1H. The van der Waals surface area contributed by atoms with Crippen LogP contribution in [0.1, 0.15) is 18.4 Å². The van der Waals surface area contributed by atoms with Gasteiger partial charge in [-0.1, -0.05) is 18.2 Å². The average Bonchev–Trinajstić information content (AvgIpc) is 2.93. The number of rotatable bonds is 3. The van der Waals surface area contributed by atoms with Crippen LogP contribution in [0.25, 0.3) is 0 Å². The maximum absolute atomic E-state index is 12.3. The lowest BCUT2D eigenvalue weighted by molar-refractivity contribution is -0.138. The van der Waals surface area contributed by atoms with Gasteiger partial charge in [0.15, 0.2) is 0 Å². The molecule has 126 valence electrons. The van der Waals surface area contributed by atoms with Gasteiger partial charge in [0.05, 0.1) is 6.54 Å². The lowest BCUT2D eigenvalue weighted by Crippen LogP contribution is -2.51. The molecule has 6 heteroatoms. The fraction of sp³-hybridized carbons (Fsp3) is 0.529. The van der Waals surface area contributed by atoms with Crippen molar-refractivity contribution in [3.8, 4) is 0 Å². The zero-order valence-corrected chi connectivity index (χ0v) is 14.3. The van der Waals surface area contributed by atoms with E-state index in [1.54, 1.807) is 4.90 Å². The van der Waals surface area contributed by atoms with Gasteiger partial charge in [-0.15, -0.1) is 12.4 Å². The highest BCUT2D eigenvalue weighted by Crippen LogP contribution is 2.21. The highest BCUT2D eigenvalue weighted by atomic mass is 35.5. The van der Waals surface area contributed by atoms with E-state index in [9.17, 15) is 9.59 Å². The number of likely N-dealkylation sites (tertiary alicyclic amines) is 1. The molecule has 0 saturated carbocycles. The fourth-order valence-electron chi connectivity index (χ4n) is 3.25. The van der Waals surface area contributed by atoms with Gasteiger partial charge in [-0.25, -0.2) is 0 Å². The summed E-state index contributed by atoms with van der Waals surface area (Å²) in [7, 11) is 0. The summed E-state index contributed by atoms with van der Waals surface area (Å²) in [5, 5.41) is 0. The maximum atomic E-state index is 12.3. The quantitative estimate of drug-likeness (QED) is 0.843. The van der Waals surface area contributed by atoms with Crippen molar-refractivity contribution in [2.24, 2.45) is 0 Å². The number of carbonyl (C=O) groups is 2. The van der Waals surface area contributed by atoms with Crippen LogP contribution in [-0.4, -0.2) is 60.9 Å². The summed E-state index contributed by atoms with van der Waals surface area (Å²) in [5.41, 5.74) is 2.52. The van der Waals surface area contributed by atoms with Gasteiger partial charge in [0.1, 0.15) is 0 Å². The molecule has 0 aromatic heterocycles. The predicted octanol–water partition coefficient (Wildman–Crippen LogP) is 1.69. The molecule has 0 spiro atoms. The number of aryl methyl sites for hydroxylation is 1. The largest absolute Gasteiger partial charge is 0.368 e. The Kier molecular flexibility index (Phi) is 5.88. The molecule has 2 heterocycles. The third-order valence-corrected chi connectivity index (χ3v) is 4.59. The highest BCUT2D eigenvalue weighted by molar-refractivity contribution is 5.86. The smallest absolute Gasteiger partial charge is 0.242 e. The Bertz CT molecular complexity index is 571. The van der Waals surface area contributed by atoms with Crippen LogP contribution in [0.15, 0.2) is 24.3 Å². The molecule has 0 unspecified atom stereocenters. The number of carbonyl (C=O) groups excluding carboxylic acids is 2. The lowest BCUT2D eigenvalue weighted by atomic mass is 10.1. The molecule has 3 rings (SSSR count). The highest BCUT2D eigenvalue weighted by Gasteiger charge is 2.27. The zero-order valence-electron chi connectivity index (χ0n) is 13.5. The minimum Gasteiger partial charge on any atom is -0.368 e. The van der Waals surface area contributed by atoms with Crippen molar-refractivity contribution >= 4 is 29.9 Å². The van der Waals surface area contributed by atoms with Gasteiger partial charge in [0.2, 0.25) is 11.8 Å². The van der Waals surface area contributed by atoms with Crippen LogP contribution >= 0.6 is 12.4 Å². The Balaban J connectivity index is 0.00000192. The van der Waals surface area contributed by atoms with Crippen LogP contribution in [0.3, 0.4) is 0 Å². The Morgan fingerprint density at radius 2 is 1.78 bits per heavy atom. The first-order valence-corrected chi connectivity index (χ1v) is 8.01. The number of hydrogen-bond acceptors (Lipinski definition) is 3. The molecule has 0 atom stereocenters. The first-order chi connectivity index (χ1) is 10.6. The second kappa shape index (κ2) is 7.68. The van der Waals surface area contributed by atoms with E-state index in [4.69, 9.17) is 0 Å². The number of piperazine rings is 1. The molecule has 1 aromatic carbocycles. The molecular formula is C17H24ClN3O2. The topological polar surface area (TPSA) is 43.9 Å². The molecule has 23 heavy (non-hydrogen) atoms. The van der Waals surface area contributed by atoms with Crippen molar-refractivity contribution < 1.29 is 9.59 Å². The molecule has 2 amide bonds. The number of hydrogen-bond donors (Lipinski definition) is 0. The van der Waals surface area contributed by atoms with Gasteiger partial charge >= 0.3 is 0 Å². The van der Waals surface area contributed by atoms with Crippen LogP contribution in [0.5, 0.6) is 0 Å². The Morgan fingerprint density at radius 3 is 2.39 bits per heavy atom. The fourth-order valence-corrected chi connectivity index (χ4v) is 3.25. The van der Waals surface area contributed by atoms with Crippen molar-refractivity contribution in [3.63, 3.8) is 0 Å². The van der Waals surface area contributed by atoms with Crippen molar-refractivity contribution in [3.05, 3.63) is 29.8 Å². The van der Waals surface area contributed by atoms with Gasteiger partial charge in [0.25, 0.3) is 0 Å². The molecule has 1 aromatic rings. The van der Waals surface area contributed by atoms with E-state index in [1.165, 1.54) is 11.3 Å². The molecular weight excluding hydrogens is 314 g/mol. The SMILES string of the molecule is Cc1ccccc1N1CCN(C(=O)CN2CCCC2=O)CC1.Cl. The summed E-state index contributed by atoms with van der Waals surface area (Å²) in [5.74, 6) is 0.201. The molecule has 0 radical (unpaired) electrons. The van der Waals surface area contributed by atoms with E-state index < -0.39 is 0 Å². The summed E-state index contributed by atoms with van der Waals surface area (Å²) in [4.78, 5) is 29.9. The molecule has 0 N–H and O–H groups in total. The van der Waals surface area contributed by atoms with E-state index in [0.717, 1.165) is 39.1 Å². The second-order valence-corrected chi connectivity index (χ2v) is 6.07. The monoisotopic (exact) mass is 337 g/mol. The summed E-state index contributed by atoms with van der Waals surface area (Å²) in [6.07, 6.45) is 1.47. The number of nitrogens with zero attached hydrogens (tertiary/aromatic N) is 3. The number of anilines is 1. The predicted molar refractivity (Wildman–Crippen MR) is 93.0 cm³/mol. The second-order valence-electron chi connectivity index (χ2n) is 6.07. The summed E-state index contributed by atoms with van der Waals surface area (Å²) >= 11 is 0. The van der Waals surface area contributed by atoms with Gasteiger partial charge in [-0.3, -0.25) is 9.59 Å². The van der Waals surface area contributed by atoms with E-state index >= 15 is 0 Å². The first-order valence-electron chi connectivity index (χ1n) is 8.01. The third kappa shape index (κ3) is 3.96. The lowest BCUT2D eigenvalue weighted by Gasteiger charge is -2.37. The van der Waals surface area contributed by atoms with Gasteiger partial charge in [-0.2, -0.15) is 0 Å². The van der Waals surface area contributed by atoms with Crippen LogP contribution in [-0.2, 0) is 9.59 Å². The van der Waals surface area contributed by atoms with Crippen molar-refractivity contribution in [1.82, 2.24) is 9.80 Å². The van der Waals surface area contributed by atoms with Gasteiger partial charge in [-0.05, 0) is 25.0 Å². The summed E-state index contributed by atoms with van der Waals surface area (Å²) < 4.78 is 0. The summed E-state index contributed by atoms with van der Waals surface area (Å²) in [6, 6.07) is 8.35. The molecule has 0 bridgehead atoms. The summed E-state index contributed by atoms with van der Waals surface area (Å²) in [6.45, 7) is 6.27. The Hall–Kier alpha value is -1.75. The van der Waals surface area contributed by atoms with E-state index in [0.29, 0.717) is 6.42 Å². The van der Waals surface area contributed by atoms with Gasteiger partial charge < -0.3 is 14.7 Å². The van der Waals surface area contributed by atoms with Crippen LogP contribution < -0.4 is 4.90 Å². The minimum atomic E-state index is 0. The number of halogens is 1. The molecule has 2 aliphatic heterocycles. The minimum absolute atomic E-state index is 0. The van der Waals surface area contributed by atoms with Crippen LogP contribution in [0.2, 0.25) is 0 Å². The number of amides is 2. The molecule has 2 fully saturated rings. The van der Waals surface area contributed by atoms with Gasteiger partial charge in [0, 0.05) is 44.8 Å². The number of para-hydroxylation sites is 1. The molecule has 2 aliphatic rings. The van der Waals surface area contributed by atoms with E-state index in [-0.39, 0.29) is 30.8 Å². The number of benzene rings is 1. The zero-order chi connectivity index (χ0) is 15.5. The van der Waals surface area contributed by atoms with Crippen molar-refractivity contribution in [2.45, 2.75) is 19.8 Å². The molecule has 2 saturated heterocycles. The average molecular weight is 338 g/mol. The Labute approximate surface area is 143 Å². The molecule has 5 nitrogen and oxygen atoms in total. The van der Waals surface area contributed by atoms with E-state index in [2.05, 4.69) is 30.0 Å². The first kappa shape index (κ1) is 17.6. The maximum Gasteiger partial charge on any atom is 0.242 e. The van der Waals surface area contributed by atoms with E-state index in [1.807, 2.05) is 11.0 Å². The Morgan fingerprint density at radius 1 is 1.09 bits per heavy atom.